The molecule has 0 fully saturated rings. The number of nitrogens with zero attached hydrogens (tertiary/aromatic N) is 2. The average Bonchev–Trinajstić information content (AvgIpc) is 2.38. The van der Waals surface area contributed by atoms with Crippen LogP contribution in [0.4, 0.5) is 11.5 Å². The lowest BCUT2D eigenvalue weighted by Crippen LogP contribution is -2.23. The van der Waals surface area contributed by atoms with Gasteiger partial charge in [-0.1, -0.05) is 11.6 Å². The summed E-state index contributed by atoms with van der Waals surface area (Å²) in [6, 6.07) is 3.01. The van der Waals surface area contributed by atoms with Gasteiger partial charge in [-0.25, -0.2) is 4.98 Å². The molecule has 0 saturated carbocycles. The van der Waals surface area contributed by atoms with Gasteiger partial charge in [-0.2, -0.15) is 0 Å². The Labute approximate surface area is 98.9 Å². The molecular weight excluding hydrogens is 220 g/mol. The highest BCUT2D eigenvalue weighted by Crippen LogP contribution is 2.20. The monoisotopic (exact) mass is 234 g/mol. The van der Waals surface area contributed by atoms with Crippen molar-refractivity contribution in [3.05, 3.63) is 40.1 Å². The minimum atomic E-state index is -0.424. The maximum atomic E-state index is 10.8. The lowest BCUT2D eigenvalue weighted by Gasteiger charge is -2.14. The third-order valence-corrected chi connectivity index (χ3v) is 2.62. The van der Waals surface area contributed by atoms with Crippen molar-refractivity contribution in [1.29, 1.82) is 0 Å². The van der Waals surface area contributed by atoms with E-state index in [2.05, 4.69) is 21.7 Å². The fourth-order valence-corrected chi connectivity index (χ4v) is 1.71. The maximum absolute atomic E-state index is 10.8. The lowest BCUT2D eigenvalue weighted by atomic mass is 10.1. The van der Waals surface area contributed by atoms with Crippen molar-refractivity contribution in [1.82, 2.24) is 10.3 Å². The Kier molecular flexibility index (Phi) is 3.66. The molecule has 6 heteroatoms. The Hall–Kier alpha value is -1.95. The second-order valence-corrected chi connectivity index (χ2v) is 3.80. The molecule has 0 aromatic carbocycles. The predicted molar refractivity (Wildman–Crippen MR) is 65.0 cm³/mol. The molecule has 1 aliphatic heterocycles. The summed E-state index contributed by atoms with van der Waals surface area (Å²) in [5.41, 5.74) is 1.27. The number of hydrogen-bond donors (Lipinski definition) is 2. The third kappa shape index (κ3) is 3.01. The van der Waals surface area contributed by atoms with Gasteiger partial charge < -0.3 is 10.6 Å². The molecule has 2 N–H and O–H groups in total. The first kappa shape index (κ1) is 11.5. The molecule has 90 valence electrons. The van der Waals surface area contributed by atoms with E-state index in [1.54, 1.807) is 12.3 Å². The van der Waals surface area contributed by atoms with Gasteiger partial charge in [0.15, 0.2) is 0 Å². The number of anilines is 1. The molecule has 0 radical (unpaired) electrons. The van der Waals surface area contributed by atoms with Gasteiger partial charge in [0.2, 0.25) is 5.82 Å². The molecule has 2 rings (SSSR count). The molecule has 0 aliphatic carbocycles. The van der Waals surface area contributed by atoms with Gasteiger partial charge >= 0.3 is 5.69 Å². The van der Waals surface area contributed by atoms with Gasteiger partial charge in [0.05, 0.1) is 4.92 Å². The number of nitrogens with one attached hydrogen (secondary N) is 2. The molecule has 0 amide bonds. The lowest BCUT2D eigenvalue weighted by molar-refractivity contribution is -0.384. The molecule has 1 aromatic rings. The number of pyridine rings is 1. The van der Waals surface area contributed by atoms with Gasteiger partial charge in [-0.15, -0.1) is 0 Å². The van der Waals surface area contributed by atoms with Crippen LogP contribution in [0.3, 0.4) is 0 Å². The largest absolute Gasteiger partial charge is 0.361 e. The quantitative estimate of drug-likeness (QED) is 0.466. The second kappa shape index (κ2) is 5.40. The molecule has 0 spiro atoms. The highest BCUT2D eigenvalue weighted by Gasteiger charge is 2.14. The topological polar surface area (TPSA) is 80.1 Å². The standard InChI is InChI=1S/C11H14N4O2/c16-15(17)10-2-1-5-13-11(10)14-8-9-3-6-12-7-4-9/h1-3,5,12H,4,6-8H2,(H,13,14). The summed E-state index contributed by atoms with van der Waals surface area (Å²) in [7, 11) is 0. The SMILES string of the molecule is O=[N+]([O-])c1cccnc1NCC1=CCNCC1. The van der Waals surface area contributed by atoms with Crippen LogP contribution >= 0.6 is 0 Å². The van der Waals surface area contributed by atoms with Crippen LogP contribution in [-0.4, -0.2) is 29.5 Å². The first-order valence-corrected chi connectivity index (χ1v) is 5.49. The molecule has 0 bridgehead atoms. The normalized spacial score (nSPS) is 15.2. The second-order valence-electron chi connectivity index (χ2n) is 3.80. The Morgan fingerprint density at radius 2 is 2.47 bits per heavy atom. The van der Waals surface area contributed by atoms with Gasteiger partial charge in [0.25, 0.3) is 0 Å². The van der Waals surface area contributed by atoms with Crippen molar-refractivity contribution in [3.63, 3.8) is 0 Å². The molecule has 17 heavy (non-hydrogen) atoms. The number of aromatic nitrogens is 1. The molecule has 0 saturated heterocycles. The predicted octanol–water partition coefficient (Wildman–Crippen LogP) is 1.32. The summed E-state index contributed by atoms with van der Waals surface area (Å²) in [5.74, 6) is 0.330. The van der Waals surface area contributed by atoms with E-state index < -0.39 is 4.92 Å². The van der Waals surface area contributed by atoms with E-state index in [0.717, 1.165) is 19.5 Å². The maximum Gasteiger partial charge on any atom is 0.311 e. The van der Waals surface area contributed by atoms with E-state index in [-0.39, 0.29) is 5.69 Å². The van der Waals surface area contributed by atoms with E-state index in [1.165, 1.54) is 11.6 Å². The Morgan fingerprint density at radius 3 is 3.18 bits per heavy atom. The van der Waals surface area contributed by atoms with Crippen LogP contribution in [0.5, 0.6) is 0 Å². The first-order chi connectivity index (χ1) is 8.27. The molecule has 1 aromatic heterocycles. The van der Waals surface area contributed by atoms with Crippen LogP contribution in [0.1, 0.15) is 6.42 Å². The smallest absolute Gasteiger partial charge is 0.311 e. The summed E-state index contributed by atoms with van der Waals surface area (Å²) in [5, 5.41) is 17.0. The zero-order chi connectivity index (χ0) is 12.1. The first-order valence-electron chi connectivity index (χ1n) is 5.49. The van der Waals surface area contributed by atoms with Gasteiger partial charge in [-0.3, -0.25) is 10.1 Å². The summed E-state index contributed by atoms with van der Waals surface area (Å²) in [4.78, 5) is 14.3. The van der Waals surface area contributed by atoms with E-state index in [0.29, 0.717) is 12.4 Å². The highest BCUT2D eigenvalue weighted by molar-refractivity contribution is 5.55. The number of nitro groups is 1. The zero-order valence-electron chi connectivity index (χ0n) is 9.35. The molecule has 2 heterocycles. The van der Waals surface area contributed by atoms with Crippen LogP contribution in [0.15, 0.2) is 30.0 Å². The summed E-state index contributed by atoms with van der Waals surface area (Å²) >= 11 is 0. The Morgan fingerprint density at radius 1 is 1.59 bits per heavy atom. The van der Waals surface area contributed by atoms with E-state index >= 15 is 0 Å². The van der Waals surface area contributed by atoms with Crippen molar-refractivity contribution in [2.45, 2.75) is 6.42 Å². The molecule has 1 aliphatic rings. The molecule has 0 atom stereocenters. The Bertz CT molecular complexity index is 445. The van der Waals surface area contributed by atoms with Gasteiger partial charge in [0.1, 0.15) is 0 Å². The number of hydrogen-bond acceptors (Lipinski definition) is 5. The van der Waals surface area contributed by atoms with E-state index in [1.807, 2.05) is 0 Å². The van der Waals surface area contributed by atoms with Crippen molar-refractivity contribution in [2.75, 3.05) is 25.0 Å². The van der Waals surface area contributed by atoms with Crippen molar-refractivity contribution in [3.8, 4) is 0 Å². The average molecular weight is 234 g/mol. The minimum Gasteiger partial charge on any atom is -0.361 e. The third-order valence-electron chi connectivity index (χ3n) is 2.62. The van der Waals surface area contributed by atoms with E-state index in [9.17, 15) is 10.1 Å². The molecule has 0 unspecified atom stereocenters. The summed E-state index contributed by atoms with van der Waals surface area (Å²) < 4.78 is 0. The summed E-state index contributed by atoms with van der Waals surface area (Å²) in [6.07, 6.45) is 4.62. The number of rotatable bonds is 4. The van der Waals surface area contributed by atoms with Crippen molar-refractivity contribution < 1.29 is 4.92 Å². The van der Waals surface area contributed by atoms with E-state index in [4.69, 9.17) is 0 Å². The summed E-state index contributed by atoms with van der Waals surface area (Å²) in [6.45, 7) is 2.43. The van der Waals surface area contributed by atoms with Crippen LogP contribution in [-0.2, 0) is 0 Å². The van der Waals surface area contributed by atoms with Gasteiger partial charge in [0, 0.05) is 25.4 Å². The van der Waals surface area contributed by atoms with Crippen LogP contribution < -0.4 is 10.6 Å². The highest BCUT2D eigenvalue weighted by atomic mass is 16.6. The molecule has 6 nitrogen and oxygen atoms in total. The van der Waals surface area contributed by atoms with Crippen LogP contribution in [0.25, 0.3) is 0 Å². The fraction of sp³-hybridized carbons (Fsp3) is 0.364. The van der Waals surface area contributed by atoms with Crippen molar-refractivity contribution >= 4 is 11.5 Å². The van der Waals surface area contributed by atoms with Crippen molar-refractivity contribution in [2.24, 2.45) is 0 Å². The van der Waals surface area contributed by atoms with Crippen LogP contribution in [0, 0.1) is 10.1 Å². The van der Waals surface area contributed by atoms with Gasteiger partial charge in [-0.05, 0) is 19.0 Å². The Balaban J connectivity index is 2.03. The zero-order valence-corrected chi connectivity index (χ0v) is 9.35. The van der Waals surface area contributed by atoms with Crippen LogP contribution in [0.2, 0.25) is 0 Å². The minimum absolute atomic E-state index is 0.0158. The molecular formula is C11H14N4O2. The fourth-order valence-electron chi connectivity index (χ4n) is 1.71.